The summed E-state index contributed by atoms with van der Waals surface area (Å²) < 4.78 is 5.76. The highest BCUT2D eigenvalue weighted by Gasteiger charge is 2.23. The molecule has 1 aromatic carbocycles. The van der Waals surface area contributed by atoms with Gasteiger partial charge in [0.25, 0.3) is 5.91 Å². The van der Waals surface area contributed by atoms with E-state index in [2.05, 4.69) is 30.4 Å². The maximum Gasteiger partial charge on any atom is 0.255 e. The van der Waals surface area contributed by atoms with Crippen molar-refractivity contribution >= 4 is 23.7 Å². The zero-order valence-electron chi connectivity index (χ0n) is 21.3. The molecule has 3 heterocycles. The second-order valence-electron chi connectivity index (χ2n) is 9.25. The van der Waals surface area contributed by atoms with Crippen LogP contribution in [0.4, 0.5) is 5.95 Å². The van der Waals surface area contributed by atoms with Crippen molar-refractivity contribution in [3.05, 3.63) is 47.8 Å². The van der Waals surface area contributed by atoms with Crippen molar-refractivity contribution in [3.8, 4) is 5.75 Å². The van der Waals surface area contributed by atoms with Crippen molar-refractivity contribution in [2.24, 2.45) is 0 Å². The molecule has 2 aliphatic heterocycles. The number of aryl methyl sites for hydroxylation is 1. The van der Waals surface area contributed by atoms with E-state index in [-0.39, 0.29) is 24.3 Å². The van der Waals surface area contributed by atoms with Gasteiger partial charge in [0.05, 0.1) is 18.7 Å². The van der Waals surface area contributed by atoms with Crippen molar-refractivity contribution in [2.45, 2.75) is 19.8 Å². The Morgan fingerprint density at radius 2 is 1.78 bits per heavy atom. The summed E-state index contributed by atoms with van der Waals surface area (Å²) in [6, 6.07) is 7.22. The predicted molar refractivity (Wildman–Crippen MR) is 139 cm³/mol. The van der Waals surface area contributed by atoms with Gasteiger partial charge in [0.2, 0.25) is 17.8 Å². The smallest absolute Gasteiger partial charge is 0.255 e. The molecule has 0 spiro atoms. The molecule has 37 heavy (non-hydrogen) atoms. The maximum atomic E-state index is 13.2. The molecule has 0 unspecified atom stereocenters. The molecule has 2 N–H and O–H groups in total. The molecule has 3 amide bonds. The first-order valence-corrected chi connectivity index (χ1v) is 12.8. The van der Waals surface area contributed by atoms with Gasteiger partial charge in [-0.05, 0) is 31.5 Å². The van der Waals surface area contributed by atoms with Crippen LogP contribution in [0.2, 0.25) is 0 Å². The number of aromatic nitrogens is 2. The molecule has 0 bridgehead atoms. The fourth-order valence-corrected chi connectivity index (χ4v) is 4.43. The Balaban J connectivity index is 1.36. The molecule has 2 aliphatic rings. The zero-order chi connectivity index (χ0) is 26.0. The first-order valence-electron chi connectivity index (χ1n) is 12.8. The van der Waals surface area contributed by atoms with Crippen LogP contribution in [0.5, 0.6) is 5.75 Å². The number of anilines is 1. The summed E-state index contributed by atoms with van der Waals surface area (Å²) in [5.74, 6) is 0.839. The van der Waals surface area contributed by atoms with Gasteiger partial charge < -0.3 is 25.2 Å². The fraction of sp³-hybridized carbons (Fsp3) is 0.500. The Morgan fingerprint density at radius 1 is 1.00 bits per heavy atom. The highest BCUT2D eigenvalue weighted by molar-refractivity contribution is 5.97. The van der Waals surface area contributed by atoms with E-state index < -0.39 is 0 Å². The van der Waals surface area contributed by atoms with E-state index in [9.17, 15) is 14.4 Å². The van der Waals surface area contributed by atoms with Gasteiger partial charge in [-0.25, -0.2) is 9.97 Å². The van der Waals surface area contributed by atoms with Gasteiger partial charge >= 0.3 is 0 Å². The van der Waals surface area contributed by atoms with E-state index in [0.717, 1.165) is 31.7 Å². The number of carbonyl (C=O) groups excluding carboxylic acids is 3. The molecular formula is C26H35N7O4. The Bertz CT molecular complexity index is 1070. The third kappa shape index (κ3) is 7.63. The summed E-state index contributed by atoms with van der Waals surface area (Å²) in [5, 5.41) is 5.77. The molecule has 0 radical (unpaired) electrons. The number of carbonyl (C=O) groups is 3. The molecule has 198 valence electrons. The van der Waals surface area contributed by atoms with Crippen molar-refractivity contribution in [1.82, 2.24) is 30.4 Å². The van der Waals surface area contributed by atoms with Gasteiger partial charge in [-0.1, -0.05) is 11.6 Å². The second-order valence-corrected chi connectivity index (χ2v) is 9.25. The highest BCUT2D eigenvalue weighted by atomic mass is 16.5. The number of nitrogens with one attached hydrogen (secondary N) is 2. The molecule has 1 saturated heterocycles. The monoisotopic (exact) mass is 509 g/mol. The van der Waals surface area contributed by atoms with E-state index in [1.54, 1.807) is 35.5 Å². The average molecular weight is 510 g/mol. The zero-order valence-corrected chi connectivity index (χ0v) is 21.3. The normalized spacial score (nSPS) is 18.5. The van der Waals surface area contributed by atoms with Crippen molar-refractivity contribution in [2.75, 3.05) is 70.4 Å². The Kier molecular flexibility index (Phi) is 9.25. The molecule has 1 fully saturated rings. The first-order chi connectivity index (χ1) is 18.0. The number of hydrogen-bond acceptors (Lipinski definition) is 8. The number of amides is 3. The third-order valence-corrected chi connectivity index (χ3v) is 6.48. The van der Waals surface area contributed by atoms with E-state index in [1.807, 2.05) is 13.0 Å². The predicted octanol–water partition coefficient (Wildman–Crippen LogP) is 0.454. The quantitative estimate of drug-likeness (QED) is 0.612. The lowest BCUT2D eigenvalue weighted by molar-refractivity contribution is -0.133. The molecule has 11 heteroatoms. The van der Waals surface area contributed by atoms with Crippen LogP contribution in [-0.4, -0.2) is 103 Å². The maximum absolute atomic E-state index is 13.2. The number of nitrogens with zero attached hydrogens (tertiary/aromatic N) is 5. The average Bonchev–Trinajstić information content (AvgIpc) is 2.91. The lowest BCUT2D eigenvalue weighted by atomic mass is 10.1. The standard InChI is InChI=1S/C26H35N7O4/c1-20-5-6-22-21(18-20)25(36)28-9-12-32(11-2-4-23(34)27-10-17-37-22)24(35)19-31-13-15-33(16-14-31)26-29-7-3-8-30-26/h3,5-8,18H,2,4,9-17,19H2,1H3,(H,27,34)(H,28,36). The summed E-state index contributed by atoms with van der Waals surface area (Å²) in [6.07, 6.45) is 4.32. The number of benzene rings is 1. The molecule has 1 aromatic heterocycles. The van der Waals surface area contributed by atoms with Gasteiger partial charge in [0.15, 0.2) is 0 Å². The van der Waals surface area contributed by atoms with Crippen molar-refractivity contribution in [3.63, 3.8) is 0 Å². The molecule has 11 nitrogen and oxygen atoms in total. The minimum absolute atomic E-state index is 0.0111. The van der Waals surface area contributed by atoms with Crippen LogP contribution in [0.1, 0.15) is 28.8 Å². The van der Waals surface area contributed by atoms with Crippen LogP contribution < -0.4 is 20.3 Å². The molecular weight excluding hydrogens is 474 g/mol. The van der Waals surface area contributed by atoms with Gasteiger partial charge in [-0.3, -0.25) is 19.3 Å². The summed E-state index contributed by atoms with van der Waals surface area (Å²) in [7, 11) is 0. The third-order valence-electron chi connectivity index (χ3n) is 6.48. The SMILES string of the molecule is Cc1ccc2c(c1)C(=O)NCCN(C(=O)CN1CCN(c3ncccn3)CC1)CCCC(=O)NCCO2. The fourth-order valence-electron chi connectivity index (χ4n) is 4.43. The van der Waals surface area contributed by atoms with E-state index in [1.165, 1.54) is 0 Å². The van der Waals surface area contributed by atoms with Crippen molar-refractivity contribution < 1.29 is 19.1 Å². The second kappa shape index (κ2) is 13.0. The Morgan fingerprint density at radius 3 is 2.57 bits per heavy atom. The van der Waals surface area contributed by atoms with E-state index in [0.29, 0.717) is 62.8 Å². The Labute approximate surface area is 217 Å². The molecule has 0 saturated carbocycles. The summed E-state index contributed by atoms with van der Waals surface area (Å²) in [4.78, 5) is 53.0. The highest BCUT2D eigenvalue weighted by Crippen LogP contribution is 2.20. The van der Waals surface area contributed by atoms with Crippen LogP contribution >= 0.6 is 0 Å². The van der Waals surface area contributed by atoms with Crippen LogP contribution in [0.25, 0.3) is 0 Å². The number of ether oxygens (including phenoxy) is 1. The summed E-state index contributed by atoms with van der Waals surface area (Å²) in [6.45, 7) is 6.89. The van der Waals surface area contributed by atoms with E-state index in [4.69, 9.17) is 4.74 Å². The van der Waals surface area contributed by atoms with Gasteiger partial charge in [0.1, 0.15) is 12.4 Å². The Hall–Kier alpha value is -3.73. The largest absolute Gasteiger partial charge is 0.491 e. The van der Waals surface area contributed by atoms with Gasteiger partial charge in [-0.2, -0.15) is 0 Å². The van der Waals surface area contributed by atoms with Crippen LogP contribution in [0.15, 0.2) is 36.7 Å². The number of hydrogen-bond donors (Lipinski definition) is 2. The number of fused-ring (bicyclic) bond motifs is 1. The van der Waals surface area contributed by atoms with Crippen LogP contribution in [0.3, 0.4) is 0 Å². The summed E-state index contributed by atoms with van der Waals surface area (Å²) in [5.41, 5.74) is 1.39. The van der Waals surface area contributed by atoms with Gasteiger partial charge in [-0.15, -0.1) is 0 Å². The summed E-state index contributed by atoms with van der Waals surface area (Å²) >= 11 is 0. The lowest BCUT2D eigenvalue weighted by Crippen LogP contribution is -2.51. The minimum Gasteiger partial charge on any atom is -0.491 e. The van der Waals surface area contributed by atoms with Crippen LogP contribution in [-0.2, 0) is 9.59 Å². The first kappa shape index (κ1) is 26.3. The lowest BCUT2D eigenvalue weighted by Gasteiger charge is -2.35. The minimum atomic E-state index is -0.246. The van der Waals surface area contributed by atoms with E-state index >= 15 is 0 Å². The molecule has 0 atom stereocenters. The number of rotatable bonds is 3. The van der Waals surface area contributed by atoms with Crippen LogP contribution in [0, 0.1) is 6.92 Å². The molecule has 4 rings (SSSR count). The van der Waals surface area contributed by atoms with Gasteiger partial charge in [0, 0.05) is 64.6 Å². The van der Waals surface area contributed by atoms with Crippen molar-refractivity contribution in [1.29, 1.82) is 0 Å². The molecule has 2 aromatic rings. The molecule has 0 aliphatic carbocycles. The number of piperazine rings is 1. The topological polar surface area (TPSA) is 120 Å².